The molecule has 33 heavy (non-hydrogen) atoms. The van der Waals surface area contributed by atoms with Gasteiger partial charge in [-0.1, -0.05) is 13.0 Å². The summed E-state index contributed by atoms with van der Waals surface area (Å²) < 4.78 is 27.9. The van der Waals surface area contributed by atoms with Gasteiger partial charge in [-0.05, 0) is 56.2 Å². The Hall–Kier alpha value is -2.30. The number of sulfonamides is 1. The van der Waals surface area contributed by atoms with Gasteiger partial charge in [0.1, 0.15) is 10.0 Å². The average Bonchev–Trinajstić information content (AvgIpc) is 3.32. The van der Waals surface area contributed by atoms with Crippen molar-refractivity contribution >= 4 is 39.0 Å². The summed E-state index contributed by atoms with van der Waals surface area (Å²) in [6.07, 6.45) is 4.53. The van der Waals surface area contributed by atoms with Gasteiger partial charge in [-0.3, -0.25) is 9.59 Å². The number of carbonyl (C=O) groups excluding carboxylic acids is 2. The van der Waals surface area contributed by atoms with Gasteiger partial charge in [-0.15, -0.1) is 11.3 Å². The Bertz CT molecular complexity index is 1100. The maximum Gasteiger partial charge on any atom is 0.254 e. The average molecular weight is 491 g/mol. The molecule has 2 aliphatic heterocycles. The summed E-state index contributed by atoms with van der Waals surface area (Å²) in [5.74, 6) is 0.620. The molecule has 2 aromatic rings. The molecule has 2 aromatic heterocycles. The third kappa shape index (κ3) is 5.44. The van der Waals surface area contributed by atoms with Gasteiger partial charge in [-0.2, -0.15) is 4.31 Å². The fraction of sp³-hybridized carbons (Fsp3) is 0.522. The lowest BCUT2D eigenvalue weighted by Crippen LogP contribution is -2.41. The van der Waals surface area contributed by atoms with Crippen molar-refractivity contribution in [3.8, 4) is 0 Å². The molecule has 1 N–H and O–H groups in total. The van der Waals surface area contributed by atoms with Crippen LogP contribution in [0, 0.1) is 18.8 Å². The second kappa shape index (κ2) is 9.90. The maximum atomic E-state index is 13.1. The summed E-state index contributed by atoms with van der Waals surface area (Å²) in [6.45, 7) is 6.08. The van der Waals surface area contributed by atoms with Gasteiger partial charge in [0.05, 0.1) is 5.56 Å². The van der Waals surface area contributed by atoms with Gasteiger partial charge >= 0.3 is 0 Å². The monoisotopic (exact) mass is 490 g/mol. The second-order valence-corrected chi connectivity index (χ2v) is 12.1. The van der Waals surface area contributed by atoms with Crippen LogP contribution in [0.3, 0.4) is 0 Å². The zero-order chi connectivity index (χ0) is 23.6. The number of piperidine rings is 2. The number of aryl methyl sites for hydroxylation is 1. The molecule has 10 heteroatoms. The van der Waals surface area contributed by atoms with E-state index in [0.717, 1.165) is 29.7 Å². The minimum absolute atomic E-state index is 0.0975. The van der Waals surface area contributed by atoms with Crippen molar-refractivity contribution in [1.29, 1.82) is 0 Å². The number of aromatic nitrogens is 1. The molecule has 2 amide bonds. The molecule has 0 unspecified atom stereocenters. The minimum Gasteiger partial charge on any atom is -0.339 e. The van der Waals surface area contributed by atoms with Crippen LogP contribution < -0.4 is 5.32 Å². The number of pyridine rings is 1. The summed E-state index contributed by atoms with van der Waals surface area (Å²) in [5, 5.41) is 4.46. The summed E-state index contributed by atoms with van der Waals surface area (Å²) in [6, 6.07) is 5.14. The number of hydrogen-bond acceptors (Lipinski definition) is 6. The van der Waals surface area contributed by atoms with Gasteiger partial charge in [-0.25, -0.2) is 13.4 Å². The number of likely N-dealkylation sites (tertiary alicyclic amines) is 1. The number of nitrogens with one attached hydrogen (secondary N) is 1. The van der Waals surface area contributed by atoms with E-state index in [4.69, 9.17) is 0 Å². The minimum atomic E-state index is -3.69. The second-order valence-electron chi connectivity index (χ2n) is 9.02. The van der Waals surface area contributed by atoms with E-state index in [-0.39, 0.29) is 35.0 Å². The lowest BCUT2D eigenvalue weighted by atomic mass is 9.97. The molecule has 2 fully saturated rings. The molecule has 4 heterocycles. The Morgan fingerprint density at radius 3 is 2.42 bits per heavy atom. The highest BCUT2D eigenvalue weighted by Crippen LogP contribution is 2.29. The molecule has 2 aliphatic rings. The van der Waals surface area contributed by atoms with Crippen LogP contribution in [0.5, 0.6) is 0 Å². The van der Waals surface area contributed by atoms with E-state index < -0.39 is 10.0 Å². The molecule has 0 bridgehead atoms. The molecule has 8 nitrogen and oxygen atoms in total. The zero-order valence-electron chi connectivity index (χ0n) is 19.0. The highest BCUT2D eigenvalue weighted by molar-refractivity contribution is 7.91. The topological polar surface area (TPSA) is 99.7 Å². The van der Waals surface area contributed by atoms with Crippen molar-refractivity contribution < 1.29 is 18.0 Å². The fourth-order valence-corrected chi connectivity index (χ4v) is 6.99. The molecule has 0 atom stereocenters. The Morgan fingerprint density at radius 2 is 1.79 bits per heavy atom. The molecule has 2 saturated heterocycles. The number of carbonyl (C=O) groups is 2. The zero-order valence-corrected chi connectivity index (χ0v) is 20.6. The predicted molar refractivity (Wildman–Crippen MR) is 128 cm³/mol. The third-order valence-electron chi connectivity index (χ3n) is 6.47. The Kier molecular flexibility index (Phi) is 7.16. The molecular formula is C23H30N4O4S2. The summed E-state index contributed by atoms with van der Waals surface area (Å²) in [4.78, 5) is 31.4. The van der Waals surface area contributed by atoms with Crippen molar-refractivity contribution in [3.63, 3.8) is 0 Å². The largest absolute Gasteiger partial charge is 0.339 e. The summed E-state index contributed by atoms with van der Waals surface area (Å²) >= 11 is 1.09. The van der Waals surface area contributed by atoms with E-state index in [2.05, 4.69) is 17.2 Å². The van der Waals surface area contributed by atoms with E-state index in [1.54, 1.807) is 17.6 Å². The van der Waals surface area contributed by atoms with Crippen LogP contribution in [0.4, 0.5) is 5.82 Å². The normalized spacial score (nSPS) is 18.9. The van der Waals surface area contributed by atoms with Crippen LogP contribution in [-0.4, -0.2) is 60.6 Å². The van der Waals surface area contributed by atoms with Gasteiger partial charge in [0, 0.05) is 43.7 Å². The molecule has 0 aromatic carbocycles. The molecule has 178 valence electrons. The smallest absolute Gasteiger partial charge is 0.254 e. The van der Waals surface area contributed by atoms with Crippen molar-refractivity contribution in [1.82, 2.24) is 14.2 Å². The Balaban J connectivity index is 1.35. The number of amides is 2. The number of nitrogens with zero attached hydrogens (tertiary/aromatic N) is 3. The Morgan fingerprint density at radius 1 is 1.09 bits per heavy atom. The van der Waals surface area contributed by atoms with Crippen LogP contribution in [0.2, 0.25) is 0 Å². The first kappa shape index (κ1) is 23.8. The first-order valence-corrected chi connectivity index (χ1v) is 13.7. The number of thiophene rings is 1. The van der Waals surface area contributed by atoms with E-state index >= 15 is 0 Å². The lowest BCUT2D eigenvalue weighted by molar-refractivity contribution is -0.120. The predicted octanol–water partition coefficient (Wildman–Crippen LogP) is 3.36. The molecule has 0 spiro atoms. The van der Waals surface area contributed by atoms with Crippen molar-refractivity contribution in [2.24, 2.45) is 11.8 Å². The third-order valence-corrected chi connectivity index (χ3v) is 9.79. The molecular weight excluding hydrogens is 460 g/mol. The van der Waals surface area contributed by atoms with E-state index in [1.165, 1.54) is 10.4 Å². The van der Waals surface area contributed by atoms with E-state index in [1.807, 2.05) is 17.9 Å². The quantitative estimate of drug-likeness (QED) is 0.693. The summed E-state index contributed by atoms with van der Waals surface area (Å²) in [7, 11) is -3.69. The SMILES string of the molecule is Cc1ccc(NC(=O)C2CCN(S(=O)(=O)c3cc(C(=O)N4CCC(C)CC4)cs3)CC2)nc1. The van der Waals surface area contributed by atoms with Gasteiger partial charge in [0.15, 0.2) is 0 Å². The first-order valence-electron chi connectivity index (χ1n) is 11.4. The molecule has 4 rings (SSSR count). The fourth-order valence-electron chi connectivity index (χ4n) is 4.21. The highest BCUT2D eigenvalue weighted by Gasteiger charge is 2.34. The highest BCUT2D eigenvalue weighted by atomic mass is 32.2. The van der Waals surface area contributed by atoms with Crippen LogP contribution in [-0.2, 0) is 14.8 Å². The van der Waals surface area contributed by atoms with Gasteiger partial charge < -0.3 is 10.2 Å². The van der Waals surface area contributed by atoms with Crippen LogP contribution in [0.15, 0.2) is 34.0 Å². The lowest BCUT2D eigenvalue weighted by Gasteiger charge is -2.30. The van der Waals surface area contributed by atoms with E-state index in [9.17, 15) is 18.0 Å². The Labute approximate surface area is 199 Å². The maximum absolute atomic E-state index is 13.1. The van der Waals surface area contributed by atoms with Gasteiger partial charge in [0.25, 0.3) is 15.9 Å². The standard InChI is InChI=1S/C23H30N4O4S2/c1-16-5-9-26(10-6-16)23(29)19-13-21(32-15-19)33(30,31)27-11-7-18(8-12-27)22(28)25-20-4-3-17(2)14-24-20/h3-4,13-16,18H,5-12H2,1-2H3,(H,24,25,28). The van der Waals surface area contributed by atoms with Crippen molar-refractivity contribution in [3.05, 3.63) is 40.9 Å². The molecule has 0 aliphatic carbocycles. The van der Waals surface area contributed by atoms with Crippen LogP contribution >= 0.6 is 11.3 Å². The number of hydrogen-bond donors (Lipinski definition) is 1. The number of rotatable bonds is 5. The number of anilines is 1. The summed E-state index contributed by atoms with van der Waals surface area (Å²) in [5.41, 5.74) is 1.45. The first-order chi connectivity index (χ1) is 15.7. The van der Waals surface area contributed by atoms with E-state index in [0.29, 0.717) is 43.2 Å². The van der Waals surface area contributed by atoms with Gasteiger partial charge in [0.2, 0.25) is 5.91 Å². The van der Waals surface area contributed by atoms with Crippen LogP contribution in [0.1, 0.15) is 48.5 Å². The van der Waals surface area contributed by atoms with Crippen molar-refractivity contribution in [2.75, 3.05) is 31.5 Å². The van der Waals surface area contributed by atoms with Crippen molar-refractivity contribution in [2.45, 2.75) is 43.7 Å². The van der Waals surface area contributed by atoms with Crippen LogP contribution in [0.25, 0.3) is 0 Å². The molecule has 0 saturated carbocycles. The molecule has 0 radical (unpaired) electrons.